The van der Waals surface area contributed by atoms with Crippen LogP contribution in [0.4, 0.5) is 5.69 Å². The highest BCUT2D eigenvalue weighted by molar-refractivity contribution is 6.03. The third kappa shape index (κ3) is 1.79. The van der Waals surface area contributed by atoms with E-state index in [1.54, 1.807) is 0 Å². The molecule has 0 aliphatic carbocycles. The summed E-state index contributed by atoms with van der Waals surface area (Å²) in [5.74, 6) is -0.103. The second-order valence-corrected chi connectivity index (χ2v) is 6.30. The smallest absolute Gasteiger partial charge is 0.234 e. The summed E-state index contributed by atoms with van der Waals surface area (Å²) in [7, 11) is 0. The van der Waals surface area contributed by atoms with E-state index in [0.29, 0.717) is 0 Å². The van der Waals surface area contributed by atoms with E-state index in [-0.39, 0.29) is 17.9 Å². The van der Waals surface area contributed by atoms with Crippen LogP contribution in [0.5, 0.6) is 0 Å². The average molecular weight is 303 g/mol. The van der Waals surface area contributed by atoms with E-state index in [1.165, 1.54) is 10.9 Å². The summed E-state index contributed by atoms with van der Waals surface area (Å²) in [5.41, 5.74) is 5.68. The molecular formula is C19H17N3O. The molecule has 0 saturated carbocycles. The van der Waals surface area contributed by atoms with E-state index in [9.17, 15) is 4.79 Å². The van der Waals surface area contributed by atoms with Gasteiger partial charge in [-0.15, -0.1) is 0 Å². The Morgan fingerprint density at radius 1 is 1.00 bits per heavy atom. The normalized spacial score (nSPS) is 22.7. The molecule has 0 saturated heterocycles. The van der Waals surface area contributed by atoms with E-state index in [1.807, 2.05) is 24.3 Å². The van der Waals surface area contributed by atoms with E-state index in [4.69, 9.17) is 0 Å². The van der Waals surface area contributed by atoms with Gasteiger partial charge in [0, 0.05) is 22.3 Å². The average Bonchev–Trinajstić information content (AvgIpc) is 3.11. The fourth-order valence-corrected chi connectivity index (χ4v) is 4.06. The van der Waals surface area contributed by atoms with Gasteiger partial charge in [-0.3, -0.25) is 4.79 Å². The van der Waals surface area contributed by atoms with Crippen LogP contribution in [0, 0.1) is 0 Å². The van der Waals surface area contributed by atoms with Crippen molar-refractivity contribution < 1.29 is 4.79 Å². The second-order valence-electron chi connectivity index (χ2n) is 6.30. The molecule has 3 heterocycles. The standard InChI is InChI=1S/C19H17N3O/c23-19-16(13-6-2-4-8-15(13)22-19)18-17-12(9-10-20-18)11-5-1-3-7-14(11)21-17/h1-8,16,18,20-21H,9-10H2,(H,22,23)/t16-,18+/m1/s1. The van der Waals surface area contributed by atoms with Crippen molar-refractivity contribution in [1.82, 2.24) is 10.3 Å². The Morgan fingerprint density at radius 2 is 1.83 bits per heavy atom. The topological polar surface area (TPSA) is 56.9 Å². The number of hydrogen-bond acceptors (Lipinski definition) is 2. The van der Waals surface area contributed by atoms with Gasteiger partial charge in [0.2, 0.25) is 5.91 Å². The van der Waals surface area contributed by atoms with Crippen molar-refractivity contribution in [2.24, 2.45) is 0 Å². The highest BCUT2D eigenvalue weighted by Crippen LogP contribution is 2.43. The van der Waals surface area contributed by atoms with Crippen molar-refractivity contribution in [2.75, 3.05) is 11.9 Å². The van der Waals surface area contributed by atoms with Crippen LogP contribution in [0.1, 0.15) is 28.8 Å². The molecule has 114 valence electrons. The van der Waals surface area contributed by atoms with Crippen molar-refractivity contribution in [3.05, 3.63) is 65.4 Å². The molecular weight excluding hydrogens is 286 g/mol. The molecule has 0 fully saturated rings. The molecule has 2 aromatic carbocycles. The van der Waals surface area contributed by atoms with E-state index < -0.39 is 0 Å². The lowest BCUT2D eigenvalue weighted by molar-refractivity contribution is -0.117. The fourth-order valence-electron chi connectivity index (χ4n) is 4.06. The van der Waals surface area contributed by atoms with Crippen molar-refractivity contribution in [3.63, 3.8) is 0 Å². The number of benzene rings is 2. The first-order valence-electron chi connectivity index (χ1n) is 8.05. The van der Waals surface area contributed by atoms with Crippen LogP contribution in [0.3, 0.4) is 0 Å². The number of carbonyl (C=O) groups is 1. The maximum atomic E-state index is 12.6. The Labute approximate surface area is 133 Å². The maximum absolute atomic E-state index is 12.6. The van der Waals surface area contributed by atoms with Crippen LogP contribution in [-0.4, -0.2) is 17.4 Å². The lowest BCUT2D eigenvalue weighted by Gasteiger charge is -2.28. The van der Waals surface area contributed by atoms with Crippen molar-refractivity contribution in [1.29, 1.82) is 0 Å². The van der Waals surface area contributed by atoms with Crippen LogP contribution in [-0.2, 0) is 11.2 Å². The molecule has 3 N–H and O–H groups in total. The first-order valence-corrected chi connectivity index (χ1v) is 8.05. The Morgan fingerprint density at radius 3 is 2.78 bits per heavy atom. The van der Waals surface area contributed by atoms with E-state index in [0.717, 1.165) is 35.4 Å². The van der Waals surface area contributed by atoms with E-state index in [2.05, 4.69) is 39.9 Å². The lowest BCUT2D eigenvalue weighted by Crippen LogP contribution is -2.36. The van der Waals surface area contributed by atoms with Crippen molar-refractivity contribution in [2.45, 2.75) is 18.4 Å². The first-order chi connectivity index (χ1) is 11.3. The number of hydrogen-bond donors (Lipinski definition) is 3. The molecule has 1 amide bonds. The number of aromatic nitrogens is 1. The van der Waals surface area contributed by atoms with Gasteiger partial charge in [0.15, 0.2) is 0 Å². The quantitative estimate of drug-likeness (QED) is 0.647. The third-order valence-electron chi connectivity index (χ3n) is 5.07. The predicted molar refractivity (Wildman–Crippen MR) is 90.6 cm³/mol. The molecule has 23 heavy (non-hydrogen) atoms. The minimum absolute atomic E-state index is 0.00481. The van der Waals surface area contributed by atoms with Crippen molar-refractivity contribution >= 4 is 22.5 Å². The zero-order valence-corrected chi connectivity index (χ0v) is 12.6. The molecule has 2 aliphatic heterocycles. The van der Waals surface area contributed by atoms with Crippen LogP contribution >= 0.6 is 0 Å². The second kappa shape index (κ2) is 4.70. The van der Waals surface area contributed by atoms with Gasteiger partial charge < -0.3 is 15.6 Å². The molecule has 2 aliphatic rings. The summed E-state index contributed by atoms with van der Waals surface area (Å²) in [6.07, 6.45) is 0.992. The molecule has 0 radical (unpaired) electrons. The number of H-pyrrole nitrogens is 1. The molecule has 0 spiro atoms. The molecule has 0 bridgehead atoms. The van der Waals surface area contributed by atoms with Gasteiger partial charge in [0.25, 0.3) is 0 Å². The number of rotatable bonds is 1. The number of anilines is 1. The van der Waals surface area contributed by atoms with Crippen LogP contribution < -0.4 is 10.6 Å². The van der Waals surface area contributed by atoms with Gasteiger partial charge in [-0.25, -0.2) is 0 Å². The Kier molecular flexibility index (Phi) is 2.64. The number of aromatic amines is 1. The summed E-state index contributed by atoms with van der Waals surface area (Å²) >= 11 is 0. The summed E-state index contributed by atoms with van der Waals surface area (Å²) in [6, 6.07) is 16.4. The molecule has 5 rings (SSSR count). The van der Waals surface area contributed by atoms with Crippen LogP contribution in [0.15, 0.2) is 48.5 Å². The predicted octanol–water partition coefficient (Wildman–Crippen LogP) is 3.09. The van der Waals surface area contributed by atoms with Gasteiger partial charge in [-0.05, 0) is 36.2 Å². The lowest BCUT2D eigenvalue weighted by atomic mass is 9.86. The SMILES string of the molecule is O=C1Nc2ccccc2[C@@H]1[C@@H]1NCCc2c1[nH]c1ccccc21. The Hall–Kier alpha value is -2.59. The van der Waals surface area contributed by atoms with Gasteiger partial charge in [0.1, 0.15) is 0 Å². The number of amides is 1. The van der Waals surface area contributed by atoms with Gasteiger partial charge in [-0.2, -0.15) is 0 Å². The number of carbonyl (C=O) groups excluding carboxylic acids is 1. The zero-order valence-electron chi connectivity index (χ0n) is 12.6. The molecule has 0 unspecified atom stereocenters. The highest BCUT2D eigenvalue weighted by atomic mass is 16.2. The summed E-state index contributed by atoms with van der Waals surface area (Å²) in [4.78, 5) is 16.1. The fraction of sp³-hybridized carbons (Fsp3) is 0.211. The van der Waals surface area contributed by atoms with Crippen LogP contribution in [0.2, 0.25) is 0 Å². The zero-order chi connectivity index (χ0) is 15.4. The number of nitrogens with one attached hydrogen (secondary N) is 3. The van der Waals surface area contributed by atoms with Crippen molar-refractivity contribution in [3.8, 4) is 0 Å². The molecule has 3 aromatic rings. The largest absolute Gasteiger partial charge is 0.357 e. The minimum atomic E-state index is -0.182. The van der Waals surface area contributed by atoms with E-state index >= 15 is 0 Å². The third-order valence-corrected chi connectivity index (χ3v) is 5.07. The Bertz CT molecular complexity index is 927. The van der Waals surface area contributed by atoms with Gasteiger partial charge in [-0.1, -0.05) is 36.4 Å². The van der Waals surface area contributed by atoms with Gasteiger partial charge >= 0.3 is 0 Å². The Balaban J connectivity index is 1.68. The minimum Gasteiger partial charge on any atom is -0.357 e. The van der Waals surface area contributed by atoms with Gasteiger partial charge in [0.05, 0.1) is 12.0 Å². The monoisotopic (exact) mass is 303 g/mol. The highest BCUT2D eigenvalue weighted by Gasteiger charge is 2.40. The number of fused-ring (bicyclic) bond motifs is 4. The van der Waals surface area contributed by atoms with Crippen LogP contribution in [0.25, 0.3) is 10.9 Å². The molecule has 2 atom stereocenters. The summed E-state index contributed by atoms with van der Waals surface area (Å²) < 4.78 is 0. The number of para-hydroxylation sites is 2. The maximum Gasteiger partial charge on any atom is 0.234 e. The summed E-state index contributed by atoms with van der Waals surface area (Å²) in [5, 5.41) is 7.85. The first kappa shape index (κ1) is 12.9. The molecule has 1 aromatic heterocycles. The molecule has 4 heteroatoms. The summed E-state index contributed by atoms with van der Waals surface area (Å²) in [6.45, 7) is 0.894. The molecule has 4 nitrogen and oxygen atoms in total.